The Bertz CT molecular complexity index is 911. The van der Waals surface area contributed by atoms with E-state index in [9.17, 15) is 4.79 Å². The molecule has 4 heteroatoms. The molecule has 3 rings (SSSR count). The maximum atomic E-state index is 12.5. The van der Waals surface area contributed by atoms with Crippen molar-refractivity contribution in [3.8, 4) is 11.1 Å². The third kappa shape index (κ3) is 4.18. The number of fused-ring (bicyclic) bond motifs is 1. The Morgan fingerprint density at radius 3 is 2.48 bits per heavy atom. The Morgan fingerprint density at radius 2 is 1.80 bits per heavy atom. The number of aromatic nitrogens is 1. The number of nitrogens with one attached hydrogen (secondary N) is 1. The van der Waals surface area contributed by atoms with Gasteiger partial charge in [-0.2, -0.15) is 0 Å². The van der Waals surface area contributed by atoms with Gasteiger partial charge < -0.3 is 5.32 Å². The largest absolute Gasteiger partial charge is 0.352 e. The fraction of sp³-hybridized carbons (Fsp3) is 0.238. The van der Waals surface area contributed by atoms with Crippen molar-refractivity contribution in [1.29, 1.82) is 0 Å². The number of amides is 1. The summed E-state index contributed by atoms with van der Waals surface area (Å²) in [5, 5.41) is 5.69. The molecule has 3 aromatic rings. The molecule has 0 aliphatic carbocycles. The first-order valence-electron chi connectivity index (χ1n) is 8.25. The van der Waals surface area contributed by atoms with E-state index < -0.39 is 0 Å². The first-order chi connectivity index (χ1) is 11.8. The highest BCUT2D eigenvalue weighted by Crippen LogP contribution is 2.29. The molecule has 25 heavy (non-hydrogen) atoms. The number of carbonyl (C=O) groups is 1. The van der Waals surface area contributed by atoms with Crippen molar-refractivity contribution >= 4 is 28.3 Å². The van der Waals surface area contributed by atoms with E-state index in [1.54, 1.807) is 0 Å². The van der Waals surface area contributed by atoms with Gasteiger partial charge >= 0.3 is 0 Å². The molecule has 0 aliphatic heterocycles. The Labute approximate surface area is 153 Å². The zero-order chi connectivity index (χ0) is 18.0. The molecule has 0 aliphatic rings. The van der Waals surface area contributed by atoms with Crippen molar-refractivity contribution in [1.82, 2.24) is 10.3 Å². The molecular weight excluding hydrogens is 332 g/mol. The fourth-order valence-corrected chi connectivity index (χ4v) is 2.74. The van der Waals surface area contributed by atoms with Crippen LogP contribution in [0.5, 0.6) is 0 Å². The van der Waals surface area contributed by atoms with Gasteiger partial charge in [0.05, 0.1) is 0 Å². The molecular formula is C21H21ClN2O. The number of benzene rings is 2. The third-order valence-corrected chi connectivity index (χ3v) is 4.21. The summed E-state index contributed by atoms with van der Waals surface area (Å²) in [6.45, 7) is 6.91. The van der Waals surface area contributed by atoms with Crippen molar-refractivity contribution in [2.45, 2.75) is 20.8 Å². The molecule has 1 aromatic heterocycles. The highest BCUT2D eigenvalue weighted by molar-refractivity contribution is 6.30. The van der Waals surface area contributed by atoms with Crippen LogP contribution in [-0.4, -0.2) is 17.4 Å². The van der Waals surface area contributed by atoms with Crippen molar-refractivity contribution in [2.75, 3.05) is 6.54 Å². The van der Waals surface area contributed by atoms with Crippen LogP contribution in [0.1, 0.15) is 31.1 Å². The van der Waals surface area contributed by atoms with Gasteiger partial charge in [0, 0.05) is 40.5 Å². The van der Waals surface area contributed by atoms with E-state index in [0.717, 1.165) is 21.9 Å². The minimum atomic E-state index is -0.0595. The number of nitrogens with zero attached hydrogens (tertiary/aromatic N) is 1. The molecule has 0 radical (unpaired) electrons. The lowest BCUT2D eigenvalue weighted by molar-refractivity contribution is 0.0939. The topological polar surface area (TPSA) is 42.0 Å². The van der Waals surface area contributed by atoms with Gasteiger partial charge in [-0.3, -0.25) is 9.78 Å². The number of hydrogen-bond donors (Lipinski definition) is 1. The second-order valence-corrected chi connectivity index (χ2v) is 7.81. The van der Waals surface area contributed by atoms with Gasteiger partial charge in [-0.25, -0.2) is 0 Å². The Kier molecular flexibility index (Phi) is 4.78. The number of rotatable bonds is 3. The SMILES string of the molecule is CC(C)(C)CNC(=O)c1ccc2cncc(-c3ccc(Cl)cc3)c2c1. The second kappa shape index (κ2) is 6.85. The average molecular weight is 353 g/mol. The molecule has 0 saturated heterocycles. The maximum Gasteiger partial charge on any atom is 0.251 e. The van der Waals surface area contributed by atoms with Gasteiger partial charge in [0.25, 0.3) is 5.91 Å². The quantitative estimate of drug-likeness (QED) is 0.692. The predicted octanol–water partition coefficient (Wildman–Crippen LogP) is 5.33. The molecule has 0 fully saturated rings. The summed E-state index contributed by atoms with van der Waals surface area (Å²) in [5.74, 6) is -0.0595. The van der Waals surface area contributed by atoms with Crippen LogP contribution in [0.2, 0.25) is 5.02 Å². The van der Waals surface area contributed by atoms with Crippen molar-refractivity contribution in [2.24, 2.45) is 5.41 Å². The van der Waals surface area contributed by atoms with Gasteiger partial charge in [0.15, 0.2) is 0 Å². The predicted molar refractivity (Wildman–Crippen MR) is 104 cm³/mol. The maximum absolute atomic E-state index is 12.5. The molecule has 2 aromatic carbocycles. The first kappa shape index (κ1) is 17.4. The highest BCUT2D eigenvalue weighted by Gasteiger charge is 2.14. The van der Waals surface area contributed by atoms with Crippen LogP contribution >= 0.6 is 11.6 Å². The van der Waals surface area contributed by atoms with E-state index >= 15 is 0 Å². The molecule has 0 saturated carbocycles. The van der Waals surface area contributed by atoms with Crippen LogP contribution in [-0.2, 0) is 0 Å². The molecule has 1 N–H and O–H groups in total. The number of hydrogen-bond acceptors (Lipinski definition) is 2. The second-order valence-electron chi connectivity index (χ2n) is 7.37. The number of halogens is 1. The lowest BCUT2D eigenvalue weighted by Gasteiger charge is -2.18. The van der Waals surface area contributed by atoms with Crippen molar-refractivity contribution in [3.63, 3.8) is 0 Å². The van der Waals surface area contributed by atoms with Crippen LogP contribution in [0.25, 0.3) is 21.9 Å². The van der Waals surface area contributed by atoms with Crippen LogP contribution < -0.4 is 5.32 Å². The zero-order valence-corrected chi connectivity index (χ0v) is 15.4. The molecule has 1 amide bonds. The minimum Gasteiger partial charge on any atom is -0.352 e. The molecule has 3 nitrogen and oxygen atoms in total. The normalized spacial score (nSPS) is 11.5. The average Bonchev–Trinajstić information content (AvgIpc) is 2.59. The summed E-state index contributed by atoms with van der Waals surface area (Å²) < 4.78 is 0. The summed E-state index contributed by atoms with van der Waals surface area (Å²) in [7, 11) is 0. The summed E-state index contributed by atoms with van der Waals surface area (Å²) in [5.41, 5.74) is 2.71. The number of pyridine rings is 1. The monoisotopic (exact) mass is 352 g/mol. The molecule has 0 unspecified atom stereocenters. The van der Waals surface area contributed by atoms with Crippen LogP contribution in [0.15, 0.2) is 54.9 Å². The molecule has 0 atom stereocenters. The molecule has 128 valence electrons. The Balaban J connectivity index is 2.00. The summed E-state index contributed by atoms with van der Waals surface area (Å²) in [6, 6.07) is 13.3. The van der Waals surface area contributed by atoms with Crippen LogP contribution in [0.3, 0.4) is 0 Å². The zero-order valence-electron chi connectivity index (χ0n) is 14.6. The van der Waals surface area contributed by atoms with E-state index in [1.165, 1.54) is 0 Å². The van der Waals surface area contributed by atoms with Gasteiger partial charge in [0.2, 0.25) is 0 Å². The summed E-state index contributed by atoms with van der Waals surface area (Å²) in [4.78, 5) is 16.8. The highest BCUT2D eigenvalue weighted by atomic mass is 35.5. The van der Waals surface area contributed by atoms with Gasteiger partial charge in [-0.1, -0.05) is 50.6 Å². The van der Waals surface area contributed by atoms with E-state index in [1.807, 2.05) is 54.9 Å². The summed E-state index contributed by atoms with van der Waals surface area (Å²) >= 11 is 5.99. The van der Waals surface area contributed by atoms with E-state index in [-0.39, 0.29) is 11.3 Å². The smallest absolute Gasteiger partial charge is 0.251 e. The first-order valence-corrected chi connectivity index (χ1v) is 8.63. The van der Waals surface area contributed by atoms with Gasteiger partial charge in [-0.05, 0) is 40.6 Å². The third-order valence-electron chi connectivity index (χ3n) is 3.96. The number of carbonyl (C=O) groups excluding carboxylic acids is 1. The Hall–Kier alpha value is -2.39. The van der Waals surface area contributed by atoms with E-state index in [4.69, 9.17) is 11.6 Å². The van der Waals surface area contributed by atoms with E-state index in [2.05, 4.69) is 31.1 Å². The van der Waals surface area contributed by atoms with Crippen molar-refractivity contribution < 1.29 is 4.79 Å². The Morgan fingerprint density at radius 1 is 1.08 bits per heavy atom. The van der Waals surface area contributed by atoms with Crippen LogP contribution in [0, 0.1) is 5.41 Å². The lowest BCUT2D eigenvalue weighted by Crippen LogP contribution is -2.32. The fourth-order valence-electron chi connectivity index (χ4n) is 2.61. The van der Waals surface area contributed by atoms with Crippen LogP contribution in [0.4, 0.5) is 0 Å². The standard InChI is InChI=1S/C21H21ClN2O/c1-21(2,3)13-24-20(25)15-4-5-16-11-23-12-19(18(16)10-15)14-6-8-17(22)9-7-14/h4-12H,13H2,1-3H3,(H,24,25). The van der Waals surface area contributed by atoms with Gasteiger partial charge in [-0.15, -0.1) is 0 Å². The molecule has 1 heterocycles. The van der Waals surface area contributed by atoms with Gasteiger partial charge in [0.1, 0.15) is 0 Å². The lowest BCUT2D eigenvalue weighted by atomic mass is 9.96. The molecule has 0 spiro atoms. The van der Waals surface area contributed by atoms with E-state index in [0.29, 0.717) is 17.1 Å². The molecule has 0 bridgehead atoms. The minimum absolute atomic E-state index is 0.0465. The van der Waals surface area contributed by atoms with Crippen molar-refractivity contribution in [3.05, 3.63) is 65.4 Å². The summed E-state index contributed by atoms with van der Waals surface area (Å²) in [6.07, 6.45) is 3.63.